The van der Waals surface area contributed by atoms with Crippen LogP contribution in [-0.4, -0.2) is 35.8 Å². The standard InChI is InChI=1S/C12H14Cl3O4P.C6H11Cl4O3PS/c1-3-17-20(16,18-4-2)19-12(8-13)10-6-5-9(14)7-11(10)15;1-3-11-14(15,12-4-2)13-5(7)6(8,9)10/h5-8H,3-4H2,1-2H3;5H,3-4H2,1-2H3/b12-8-;. The van der Waals surface area contributed by atoms with Crippen LogP contribution in [0, 0.1) is 0 Å². The number of hydrogen-bond acceptors (Lipinski definition) is 8. The van der Waals surface area contributed by atoms with Crippen molar-refractivity contribution in [3.05, 3.63) is 39.3 Å². The number of hydrogen-bond donors (Lipinski definition) is 0. The number of rotatable bonds is 13. The molecule has 0 aliphatic rings. The lowest BCUT2D eigenvalue weighted by molar-refractivity contribution is 0.155. The van der Waals surface area contributed by atoms with Crippen molar-refractivity contribution in [3.8, 4) is 0 Å². The van der Waals surface area contributed by atoms with Crippen LogP contribution in [0.15, 0.2) is 23.7 Å². The van der Waals surface area contributed by atoms with E-state index in [0.717, 1.165) is 5.54 Å². The van der Waals surface area contributed by atoms with E-state index in [4.69, 9.17) is 120 Å². The zero-order chi connectivity index (χ0) is 27.3. The summed E-state index contributed by atoms with van der Waals surface area (Å²) in [4.78, 5) is 0. The van der Waals surface area contributed by atoms with Gasteiger partial charge < -0.3 is 13.6 Å². The number of phosphoric acid groups is 1. The maximum atomic E-state index is 12.3. The van der Waals surface area contributed by atoms with Crippen LogP contribution in [0.25, 0.3) is 5.76 Å². The molecule has 0 radical (unpaired) electrons. The lowest BCUT2D eigenvalue weighted by atomic mass is 10.2. The normalized spacial score (nSPS) is 13.7. The Morgan fingerprint density at radius 3 is 1.86 bits per heavy atom. The van der Waals surface area contributed by atoms with Gasteiger partial charge in [0, 0.05) is 16.1 Å². The van der Waals surface area contributed by atoms with Crippen molar-refractivity contribution in [1.82, 2.24) is 0 Å². The highest BCUT2D eigenvalue weighted by Crippen LogP contribution is 2.54. The molecular formula is C18H25Cl7O7P2S. The largest absolute Gasteiger partial charge is 0.530 e. The molecule has 1 atom stereocenters. The molecule has 0 fully saturated rings. The molecule has 0 heterocycles. The molecule has 0 saturated heterocycles. The average molecular weight is 696 g/mol. The van der Waals surface area contributed by atoms with E-state index in [0.29, 0.717) is 28.8 Å². The van der Waals surface area contributed by atoms with Gasteiger partial charge in [-0.2, -0.15) is 0 Å². The van der Waals surface area contributed by atoms with E-state index in [-0.39, 0.29) is 19.0 Å². The number of alkyl halides is 4. The van der Waals surface area contributed by atoms with Crippen LogP contribution in [0.4, 0.5) is 0 Å². The minimum absolute atomic E-state index is 0.0820. The summed E-state index contributed by atoms with van der Waals surface area (Å²) < 4.78 is 41.3. The summed E-state index contributed by atoms with van der Waals surface area (Å²) in [5.41, 5.74) is 0.330. The van der Waals surface area contributed by atoms with Crippen LogP contribution >= 0.6 is 95.7 Å². The smallest absolute Gasteiger partial charge is 0.402 e. The predicted octanol–water partition coefficient (Wildman–Crippen LogP) is 9.96. The average Bonchev–Trinajstić information content (AvgIpc) is 2.73. The predicted molar refractivity (Wildman–Crippen MR) is 151 cm³/mol. The molecule has 0 N–H and O–H groups in total. The molecule has 0 amide bonds. The summed E-state index contributed by atoms with van der Waals surface area (Å²) >= 11 is 44.9. The monoisotopic (exact) mass is 692 g/mol. The molecule has 7 nitrogen and oxygen atoms in total. The Hall–Kier alpha value is 1.47. The van der Waals surface area contributed by atoms with Gasteiger partial charge in [-0.25, -0.2) is 4.57 Å². The highest BCUT2D eigenvalue weighted by Gasteiger charge is 2.37. The van der Waals surface area contributed by atoms with E-state index in [1.807, 2.05) is 0 Å². The number of halogens is 7. The minimum Gasteiger partial charge on any atom is -0.402 e. The fourth-order valence-electron chi connectivity index (χ4n) is 1.93. The van der Waals surface area contributed by atoms with Crippen LogP contribution in [-0.2, 0) is 43.5 Å². The summed E-state index contributed by atoms with van der Waals surface area (Å²) in [6.07, 6.45) is 0. The van der Waals surface area contributed by atoms with Crippen LogP contribution in [0.2, 0.25) is 10.0 Å². The zero-order valence-electron chi connectivity index (χ0n) is 19.0. The molecule has 17 heteroatoms. The van der Waals surface area contributed by atoms with Crippen molar-refractivity contribution in [2.24, 2.45) is 0 Å². The Balaban J connectivity index is 0.000000691. The molecule has 0 aliphatic carbocycles. The van der Waals surface area contributed by atoms with Gasteiger partial charge in [0.15, 0.2) is 11.3 Å². The van der Waals surface area contributed by atoms with Gasteiger partial charge in [0.2, 0.25) is 3.79 Å². The molecular weight excluding hydrogens is 670 g/mol. The van der Waals surface area contributed by atoms with Crippen molar-refractivity contribution >= 4 is 113 Å². The summed E-state index contributed by atoms with van der Waals surface area (Å²) in [5.74, 6) is 0.0820. The Labute approximate surface area is 246 Å². The molecule has 1 unspecified atom stereocenters. The molecule has 1 rings (SSSR count). The summed E-state index contributed by atoms with van der Waals surface area (Å²) in [6.45, 7) is 4.93. The molecule has 1 aromatic rings. The molecule has 0 bridgehead atoms. The van der Waals surface area contributed by atoms with E-state index in [1.54, 1.807) is 39.8 Å². The highest BCUT2D eigenvalue weighted by atomic mass is 35.6. The second-order valence-corrected chi connectivity index (χ2v) is 14.1. The van der Waals surface area contributed by atoms with Crippen molar-refractivity contribution in [1.29, 1.82) is 0 Å². The van der Waals surface area contributed by atoms with E-state index in [2.05, 4.69) is 0 Å². The third kappa shape index (κ3) is 14.4. The summed E-state index contributed by atoms with van der Waals surface area (Å²) in [5, 5.41) is 0.773. The quantitative estimate of drug-likeness (QED) is 0.115. The second kappa shape index (κ2) is 17.9. The van der Waals surface area contributed by atoms with Gasteiger partial charge in [0.05, 0.1) is 31.5 Å². The van der Waals surface area contributed by atoms with Gasteiger partial charge in [0.25, 0.3) is 0 Å². The molecule has 0 saturated carbocycles. The highest BCUT2D eigenvalue weighted by molar-refractivity contribution is 8.07. The van der Waals surface area contributed by atoms with Crippen LogP contribution in [0.3, 0.4) is 0 Å². The first-order chi connectivity index (χ1) is 16.2. The summed E-state index contributed by atoms with van der Waals surface area (Å²) in [7, 11) is -3.73. The fraction of sp³-hybridized carbons (Fsp3) is 0.556. The van der Waals surface area contributed by atoms with Gasteiger partial charge in [-0.3, -0.25) is 13.6 Å². The third-order valence-corrected chi connectivity index (χ3v) is 9.43. The molecule has 35 heavy (non-hydrogen) atoms. The lowest BCUT2D eigenvalue weighted by Crippen LogP contribution is -2.22. The Bertz CT molecular complexity index is 882. The second-order valence-electron chi connectivity index (χ2n) is 5.72. The van der Waals surface area contributed by atoms with E-state index in [9.17, 15) is 4.57 Å². The lowest BCUT2D eigenvalue weighted by Gasteiger charge is -2.26. The van der Waals surface area contributed by atoms with Gasteiger partial charge in [-0.15, -0.1) is 0 Å². The number of phosphoric ester groups is 1. The maximum absolute atomic E-state index is 12.3. The van der Waals surface area contributed by atoms with Gasteiger partial charge >= 0.3 is 14.5 Å². The van der Waals surface area contributed by atoms with Crippen LogP contribution in [0.1, 0.15) is 33.3 Å². The fourth-order valence-corrected chi connectivity index (χ4v) is 6.74. The maximum Gasteiger partial charge on any atom is 0.530 e. The Kier molecular flexibility index (Phi) is 18.7. The molecule has 0 aromatic heterocycles. The van der Waals surface area contributed by atoms with Crippen molar-refractivity contribution in [2.45, 2.75) is 37.1 Å². The van der Waals surface area contributed by atoms with Crippen LogP contribution in [0.5, 0.6) is 0 Å². The summed E-state index contributed by atoms with van der Waals surface area (Å²) in [6, 6.07) is 4.73. The SMILES string of the molecule is CCOP(=O)(OCC)O/C(=C\Cl)c1ccc(Cl)cc1Cl.CCOP(=S)(OCC)OC(Cl)C(Cl)(Cl)Cl. The third-order valence-electron chi connectivity index (χ3n) is 3.13. The van der Waals surface area contributed by atoms with Crippen molar-refractivity contribution in [2.75, 3.05) is 26.4 Å². The molecule has 204 valence electrons. The van der Waals surface area contributed by atoms with Crippen LogP contribution < -0.4 is 0 Å². The molecule has 0 aliphatic heterocycles. The first-order valence-corrected chi connectivity index (χ1v) is 16.6. The van der Waals surface area contributed by atoms with Gasteiger partial charge in [0.1, 0.15) is 0 Å². The van der Waals surface area contributed by atoms with E-state index >= 15 is 0 Å². The van der Waals surface area contributed by atoms with E-state index < -0.39 is 23.9 Å². The van der Waals surface area contributed by atoms with Gasteiger partial charge in [-0.05, 0) is 57.7 Å². The van der Waals surface area contributed by atoms with Gasteiger partial charge in [-0.1, -0.05) is 81.2 Å². The zero-order valence-corrected chi connectivity index (χ0v) is 26.9. The molecule has 1 aromatic carbocycles. The first kappa shape index (κ1) is 36.5. The Morgan fingerprint density at radius 2 is 1.49 bits per heavy atom. The minimum atomic E-state index is -3.73. The number of benzene rings is 1. The Morgan fingerprint density at radius 1 is 1.00 bits per heavy atom. The van der Waals surface area contributed by atoms with E-state index in [1.165, 1.54) is 6.07 Å². The molecule has 0 spiro atoms. The van der Waals surface area contributed by atoms with Crippen molar-refractivity contribution in [3.63, 3.8) is 0 Å². The topological polar surface area (TPSA) is 72.5 Å². The first-order valence-electron chi connectivity index (χ1n) is 9.83. The van der Waals surface area contributed by atoms with Crippen molar-refractivity contribution < 1.29 is 31.7 Å².